The second-order valence-electron chi connectivity index (χ2n) is 6.46. The number of hydrogen-bond donors (Lipinski definition) is 3. The van der Waals surface area contributed by atoms with Gasteiger partial charge in [0.1, 0.15) is 6.42 Å². The third-order valence-corrected chi connectivity index (χ3v) is 4.89. The molecule has 4 rings (SSSR count). The van der Waals surface area contributed by atoms with Crippen LogP contribution in [0.4, 0.5) is 0 Å². The smallest absolute Gasteiger partial charge is 0.252 e. The van der Waals surface area contributed by atoms with Gasteiger partial charge in [-0.05, 0) is 56.3 Å². The Morgan fingerprint density at radius 2 is 1.50 bits per heavy atom. The van der Waals surface area contributed by atoms with Gasteiger partial charge in [-0.3, -0.25) is 14.8 Å². The summed E-state index contributed by atoms with van der Waals surface area (Å²) in [6, 6.07) is 0. The number of nitrogens with one attached hydrogen (secondary N) is 2. The minimum atomic E-state index is -0.641. The number of carbonyl (C=O) groups is 2. The van der Waals surface area contributed by atoms with Gasteiger partial charge in [-0.1, -0.05) is 0 Å². The number of hydroxylamine groups is 1. The molecule has 0 heterocycles. The Kier molecular flexibility index (Phi) is 2.81. The van der Waals surface area contributed by atoms with Crippen LogP contribution in [0.25, 0.3) is 0 Å². The Hall–Kier alpha value is -1.10. The van der Waals surface area contributed by atoms with E-state index >= 15 is 0 Å². The molecule has 0 aromatic heterocycles. The molecule has 4 fully saturated rings. The Morgan fingerprint density at radius 3 is 1.94 bits per heavy atom. The van der Waals surface area contributed by atoms with Crippen molar-refractivity contribution in [2.24, 2.45) is 17.8 Å². The monoisotopic (exact) mass is 252 g/mol. The van der Waals surface area contributed by atoms with Gasteiger partial charge >= 0.3 is 0 Å². The van der Waals surface area contributed by atoms with Crippen LogP contribution in [-0.4, -0.2) is 22.6 Å². The normalized spacial score (nSPS) is 40.6. The van der Waals surface area contributed by atoms with E-state index in [0.29, 0.717) is 0 Å². The number of rotatable bonds is 3. The van der Waals surface area contributed by atoms with E-state index in [1.54, 1.807) is 0 Å². The van der Waals surface area contributed by atoms with E-state index in [1.165, 1.54) is 24.7 Å². The zero-order valence-corrected chi connectivity index (χ0v) is 10.4. The third kappa shape index (κ3) is 2.11. The Bertz CT molecular complexity index is 345. The first-order chi connectivity index (χ1) is 8.58. The molecule has 5 nitrogen and oxygen atoms in total. The van der Waals surface area contributed by atoms with E-state index < -0.39 is 5.91 Å². The van der Waals surface area contributed by atoms with Crippen LogP contribution in [0.15, 0.2) is 0 Å². The fourth-order valence-electron chi connectivity index (χ4n) is 4.79. The predicted molar refractivity (Wildman–Crippen MR) is 63.6 cm³/mol. The molecule has 0 radical (unpaired) electrons. The summed E-state index contributed by atoms with van der Waals surface area (Å²) in [6.45, 7) is 0. The maximum Gasteiger partial charge on any atom is 0.252 e. The molecule has 4 saturated carbocycles. The lowest BCUT2D eigenvalue weighted by Gasteiger charge is -2.56. The minimum Gasteiger partial charge on any atom is -0.350 e. The van der Waals surface area contributed by atoms with Crippen molar-refractivity contribution in [3.63, 3.8) is 0 Å². The van der Waals surface area contributed by atoms with E-state index in [0.717, 1.165) is 37.0 Å². The average Bonchev–Trinajstić information content (AvgIpc) is 2.25. The maximum atomic E-state index is 11.8. The van der Waals surface area contributed by atoms with Crippen LogP contribution >= 0.6 is 0 Å². The molecule has 4 aliphatic carbocycles. The second kappa shape index (κ2) is 4.23. The summed E-state index contributed by atoms with van der Waals surface area (Å²) < 4.78 is 0. The molecule has 2 amide bonds. The fourth-order valence-corrected chi connectivity index (χ4v) is 4.79. The molecule has 0 atom stereocenters. The van der Waals surface area contributed by atoms with Crippen molar-refractivity contribution < 1.29 is 14.8 Å². The lowest BCUT2D eigenvalue weighted by Crippen LogP contribution is -2.60. The van der Waals surface area contributed by atoms with Crippen molar-refractivity contribution in [1.82, 2.24) is 10.8 Å². The van der Waals surface area contributed by atoms with E-state index in [1.807, 2.05) is 0 Å². The first kappa shape index (κ1) is 12.0. The van der Waals surface area contributed by atoms with E-state index in [2.05, 4.69) is 5.32 Å². The van der Waals surface area contributed by atoms with Crippen molar-refractivity contribution in [2.45, 2.75) is 50.5 Å². The molecule has 0 unspecified atom stereocenters. The summed E-state index contributed by atoms with van der Waals surface area (Å²) in [5.74, 6) is 1.40. The fraction of sp³-hybridized carbons (Fsp3) is 0.846. The Labute approximate surface area is 106 Å². The summed E-state index contributed by atoms with van der Waals surface area (Å²) >= 11 is 0. The first-order valence-corrected chi connectivity index (χ1v) is 6.82. The van der Waals surface area contributed by atoms with Crippen LogP contribution in [0.3, 0.4) is 0 Å². The van der Waals surface area contributed by atoms with Crippen molar-refractivity contribution in [1.29, 1.82) is 0 Å². The molecule has 4 aliphatic rings. The van der Waals surface area contributed by atoms with Crippen molar-refractivity contribution in [3.8, 4) is 0 Å². The van der Waals surface area contributed by atoms with Crippen LogP contribution in [0.2, 0.25) is 0 Å². The molecule has 5 heteroatoms. The number of amides is 2. The van der Waals surface area contributed by atoms with Gasteiger partial charge in [0.25, 0.3) is 5.91 Å². The van der Waals surface area contributed by atoms with E-state index in [4.69, 9.17) is 5.21 Å². The van der Waals surface area contributed by atoms with Gasteiger partial charge in [-0.25, -0.2) is 5.48 Å². The number of carbonyl (C=O) groups excluding carboxylic acids is 2. The van der Waals surface area contributed by atoms with Crippen LogP contribution < -0.4 is 10.8 Å². The molecular weight excluding hydrogens is 232 g/mol. The molecule has 100 valence electrons. The second-order valence-corrected chi connectivity index (χ2v) is 6.46. The van der Waals surface area contributed by atoms with Gasteiger partial charge in [0.15, 0.2) is 0 Å². The van der Waals surface area contributed by atoms with Crippen molar-refractivity contribution in [2.75, 3.05) is 0 Å². The summed E-state index contributed by atoms with van der Waals surface area (Å²) in [4.78, 5) is 22.8. The van der Waals surface area contributed by atoms with Crippen LogP contribution in [-0.2, 0) is 9.59 Å². The van der Waals surface area contributed by atoms with Gasteiger partial charge in [0, 0.05) is 5.54 Å². The molecule has 3 N–H and O–H groups in total. The van der Waals surface area contributed by atoms with E-state index in [-0.39, 0.29) is 17.9 Å². The highest BCUT2D eigenvalue weighted by Gasteiger charge is 2.51. The van der Waals surface area contributed by atoms with Crippen molar-refractivity contribution >= 4 is 11.8 Å². The zero-order chi connectivity index (χ0) is 12.8. The molecule has 4 bridgehead atoms. The summed E-state index contributed by atoms with van der Waals surface area (Å²) in [7, 11) is 0. The first-order valence-electron chi connectivity index (χ1n) is 6.82. The summed E-state index contributed by atoms with van der Waals surface area (Å²) in [5.41, 5.74) is 1.45. The summed E-state index contributed by atoms with van der Waals surface area (Å²) in [5, 5.41) is 11.5. The number of hydrogen-bond acceptors (Lipinski definition) is 3. The van der Waals surface area contributed by atoms with Gasteiger partial charge < -0.3 is 5.32 Å². The Morgan fingerprint density at radius 1 is 1.00 bits per heavy atom. The van der Waals surface area contributed by atoms with Gasteiger partial charge in [0.05, 0.1) is 0 Å². The molecule has 0 aliphatic heterocycles. The van der Waals surface area contributed by atoms with Crippen LogP contribution in [0.5, 0.6) is 0 Å². The topological polar surface area (TPSA) is 78.4 Å². The average molecular weight is 252 g/mol. The molecule has 0 spiro atoms. The van der Waals surface area contributed by atoms with Gasteiger partial charge in [0.2, 0.25) is 5.91 Å². The van der Waals surface area contributed by atoms with Gasteiger partial charge in [-0.15, -0.1) is 0 Å². The maximum absolute atomic E-state index is 11.8. The van der Waals surface area contributed by atoms with Crippen molar-refractivity contribution in [3.05, 3.63) is 0 Å². The van der Waals surface area contributed by atoms with Crippen LogP contribution in [0.1, 0.15) is 44.9 Å². The highest BCUT2D eigenvalue weighted by molar-refractivity contribution is 5.96. The largest absolute Gasteiger partial charge is 0.350 e. The zero-order valence-electron chi connectivity index (χ0n) is 10.4. The van der Waals surface area contributed by atoms with E-state index in [9.17, 15) is 9.59 Å². The molecule has 0 aromatic rings. The molecule has 0 aromatic carbocycles. The summed E-state index contributed by atoms with van der Waals surface area (Å²) in [6.07, 6.45) is 6.92. The SMILES string of the molecule is O=C(CC(=O)NC12CC3CC(CC(C3)C1)C2)NO. The molecule has 0 saturated heterocycles. The lowest BCUT2D eigenvalue weighted by atomic mass is 9.53. The van der Waals surface area contributed by atoms with Crippen LogP contribution in [0, 0.1) is 17.8 Å². The standard InChI is InChI=1S/C13H20N2O3/c16-11(4-12(17)15-18)14-13-5-8-1-9(6-13)3-10(2-8)7-13/h8-10,18H,1-7H2,(H,14,16)(H,15,17). The molecule has 18 heavy (non-hydrogen) atoms. The quantitative estimate of drug-likeness (QED) is 0.398. The lowest BCUT2D eigenvalue weighted by molar-refractivity contribution is -0.136. The predicted octanol–water partition coefficient (Wildman–Crippen LogP) is 0.967. The Balaban J connectivity index is 1.65. The minimum absolute atomic E-state index is 0.0540. The highest BCUT2D eigenvalue weighted by atomic mass is 16.5. The highest BCUT2D eigenvalue weighted by Crippen LogP contribution is 2.55. The van der Waals surface area contributed by atoms with Gasteiger partial charge in [-0.2, -0.15) is 0 Å². The third-order valence-electron chi connectivity index (χ3n) is 4.89. The molecular formula is C13H20N2O3.